The SMILES string of the molecule is NC(=NC(=O)C(F)(F)F)c1ccc2c(c1)C(=O)N(C1CCNCC1c1ccc(Cl)cc1)C2. The molecular weight excluding hydrogens is 445 g/mol. The summed E-state index contributed by atoms with van der Waals surface area (Å²) < 4.78 is 37.4. The fourth-order valence-corrected chi connectivity index (χ4v) is 4.38. The number of rotatable bonds is 3. The molecule has 2 unspecified atom stereocenters. The number of fused-ring (bicyclic) bond motifs is 1. The third-order valence-corrected chi connectivity index (χ3v) is 6.10. The van der Waals surface area contributed by atoms with E-state index in [4.69, 9.17) is 17.3 Å². The van der Waals surface area contributed by atoms with Crippen LogP contribution < -0.4 is 11.1 Å². The molecular formula is C22H20ClF3N4O2. The number of hydrogen-bond acceptors (Lipinski definition) is 3. The molecule has 4 rings (SSSR count). The smallest absolute Gasteiger partial charge is 0.383 e. The summed E-state index contributed by atoms with van der Waals surface area (Å²) in [5, 5.41) is 4.00. The topological polar surface area (TPSA) is 87.8 Å². The van der Waals surface area contributed by atoms with Crippen LogP contribution in [0.1, 0.15) is 39.4 Å². The monoisotopic (exact) mass is 464 g/mol. The molecule has 2 atom stereocenters. The van der Waals surface area contributed by atoms with E-state index in [0.29, 0.717) is 23.7 Å². The number of carbonyl (C=O) groups is 2. The molecule has 2 amide bonds. The summed E-state index contributed by atoms with van der Waals surface area (Å²) in [6, 6.07) is 12.0. The van der Waals surface area contributed by atoms with Gasteiger partial charge in [0.25, 0.3) is 5.91 Å². The van der Waals surface area contributed by atoms with E-state index < -0.39 is 17.9 Å². The lowest BCUT2D eigenvalue weighted by molar-refractivity contribution is -0.169. The Kier molecular flexibility index (Phi) is 5.96. The molecule has 0 saturated carbocycles. The quantitative estimate of drug-likeness (QED) is 0.539. The van der Waals surface area contributed by atoms with Gasteiger partial charge in [-0.05, 0) is 42.3 Å². The Labute approximate surface area is 187 Å². The highest BCUT2D eigenvalue weighted by atomic mass is 35.5. The van der Waals surface area contributed by atoms with E-state index in [-0.39, 0.29) is 23.4 Å². The van der Waals surface area contributed by atoms with Gasteiger partial charge in [-0.25, -0.2) is 0 Å². The second kappa shape index (κ2) is 8.55. The molecule has 3 N–H and O–H groups in total. The van der Waals surface area contributed by atoms with Gasteiger partial charge in [0.05, 0.1) is 0 Å². The Morgan fingerprint density at radius 1 is 1.19 bits per heavy atom. The van der Waals surface area contributed by atoms with Crippen LogP contribution in [0.2, 0.25) is 5.02 Å². The highest BCUT2D eigenvalue weighted by molar-refractivity contribution is 6.30. The molecule has 2 aromatic rings. The minimum absolute atomic E-state index is 0.0569. The Balaban J connectivity index is 1.59. The predicted molar refractivity (Wildman–Crippen MR) is 114 cm³/mol. The summed E-state index contributed by atoms with van der Waals surface area (Å²) >= 11 is 6.01. The third-order valence-electron chi connectivity index (χ3n) is 5.85. The zero-order chi connectivity index (χ0) is 23.0. The van der Waals surface area contributed by atoms with Gasteiger partial charge in [0.2, 0.25) is 0 Å². The first-order valence-corrected chi connectivity index (χ1v) is 10.4. The van der Waals surface area contributed by atoms with Crippen LogP contribution in [0.25, 0.3) is 0 Å². The number of benzene rings is 2. The van der Waals surface area contributed by atoms with Crippen LogP contribution >= 0.6 is 11.6 Å². The lowest BCUT2D eigenvalue weighted by atomic mass is 9.86. The molecule has 10 heteroatoms. The fraction of sp³-hybridized carbons (Fsp3) is 0.318. The van der Waals surface area contributed by atoms with Gasteiger partial charge in [0.15, 0.2) is 0 Å². The van der Waals surface area contributed by atoms with Crippen molar-refractivity contribution in [3.63, 3.8) is 0 Å². The number of alkyl halides is 3. The summed E-state index contributed by atoms with van der Waals surface area (Å²) in [5.74, 6) is -3.02. The molecule has 6 nitrogen and oxygen atoms in total. The van der Waals surface area contributed by atoms with Crippen molar-refractivity contribution in [2.24, 2.45) is 10.7 Å². The van der Waals surface area contributed by atoms with Crippen molar-refractivity contribution in [3.8, 4) is 0 Å². The van der Waals surface area contributed by atoms with Gasteiger partial charge in [0, 0.05) is 41.2 Å². The average Bonchev–Trinajstić information content (AvgIpc) is 3.09. The van der Waals surface area contributed by atoms with Crippen LogP contribution in [0, 0.1) is 0 Å². The molecule has 1 fully saturated rings. The standard InChI is InChI=1S/C22H20ClF3N4O2/c23-15-5-3-12(4-6-15)17-10-28-8-7-18(17)30-11-14-2-1-13(9-16(14)20(30)31)19(27)29-21(32)22(24,25)26/h1-6,9,17-18,28H,7-8,10-11H2,(H2,27,29,32). The first kappa shape index (κ1) is 22.3. The van der Waals surface area contributed by atoms with Crippen LogP contribution in [0.15, 0.2) is 47.5 Å². The lowest BCUT2D eigenvalue weighted by Crippen LogP contribution is -2.48. The van der Waals surface area contributed by atoms with E-state index in [1.54, 1.807) is 11.0 Å². The maximum atomic E-state index is 13.2. The number of halogens is 4. The van der Waals surface area contributed by atoms with Crippen molar-refractivity contribution in [2.45, 2.75) is 31.1 Å². The molecule has 2 aliphatic rings. The van der Waals surface area contributed by atoms with E-state index in [0.717, 1.165) is 24.1 Å². The largest absolute Gasteiger partial charge is 0.473 e. The molecule has 0 spiro atoms. The molecule has 0 bridgehead atoms. The number of nitrogens with two attached hydrogens (primary N) is 1. The number of nitrogens with zero attached hydrogens (tertiary/aromatic N) is 2. The number of hydrogen-bond donors (Lipinski definition) is 2. The van der Waals surface area contributed by atoms with Crippen molar-refractivity contribution in [1.29, 1.82) is 0 Å². The second-order valence-corrected chi connectivity index (χ2v) is 8.26. The number of amides is 2. The average molecular weight is 465 g/mol. The van der Waals surface area contributed by atoms with Gasteiger partial charge in [-0.2, -0.15) is 18.2 Å². The first-order valence-electron chi connectivity index (χ1n) is 10.0. The zero-order valence-corrected chi connectivity index (χ0v) is 17.6. The van der Waals surface area contributed by atoms with E-state index in [1.807, 2.05) is 24.3 Å². The molecule has 168 valence electrons. The number of aliphatic imine (C=N–C) groups is 1. The van der Waals surface area contributed by atoms with Gasteiger partial charge < -0.3 is 16.0 Å². The Morgan fingerprint density at radius 3 is 2.59 bits per heavy atom. The Bertz CT molecular complexity index is 1090. The number of piperidine rings is 1. The molecule has 1 saturated heterocycles. The van der Waals surface area contributed by atoms with Gasteiger partial charge in [-0.1, -0.05) is 35.9 Å². The molecule has 0 aliphatic carbocycles. The predicted octanol–water partition coefficient (Wildman–Crippen LogP) is 3.24. The zero-order valence-electron chi connectivity index (χ0n) is 16.8. The van der Waals surface area contributed by atoms with Crippen molar-refractivity contribution in [1.82, 2.24) is 10.2 Å². The van der Waals surface area contributed by atoms with Crippen LogP contribution in [0.3, 0.4) is 0 Å². The molecule has 2 heterocycles. The molecule has 0 aromatic heterocycles. The third kappa shape index (κ3) is 4.35. The molecule has 2 aliphatic heterocycles. The second-order valence-electron chi connectivity index (χ2n) is 7.82. The van der Waals surface area contributed by atoms with E-state index in [1.165, 1.54) is 12.1 Å². The highest BCUT2D eigenvalue weighted by Gasteiger charge is 2.40. The number of carbonyl (C=O) groups excluding carboxylic acids is 2. The van der Waals surface area contributed by atoms with E-state index >= 15 is 0 Å². The normalized spacial score (nSPS) is 21.6. The van der Waals surface area contributed by atoms with Gasteiger partial charge >= 0.3 is 12.1 Å². The van der Waals surface area contributed by atoms with Gasteiger partial charge in [-0.15, -0.1) is 0 Å². The van der Waals surface area contributed by atoms with Crippen molar-refractivity contribution < 1.29 is 22.8 Å². The molecule has 0 radical (unpaired) electrons. The van der Waals surface area contributed by atoms with E-state index in [9.17, 15) is 22.8 Å². The lowest BCUT2D eigenvalue weighted by Gasteiger charge is -2.38. The van der Waals surface area contributed by atoms with Crippen LogP contribution in [-0.2, 0) is 11.3 Å². The molecule has 2 aromatic carbocycles. The van der Waals surface area contributed by atoms with Crippen molar-refractivity contribution in [2.75, 3.05) is 13.1 Å². The van der Waals surface area contributed by atoms with Gasteiger partial charge in [-0.3, -0.25) is 9.59 Å². The fourth-order valence-electron chi connectivity index (χ4n) is 4.26. The maximum absolute atomic E-state index is 13.2. The van der Waals surface area contributed by atoms with Crippen LogP contribution in [-0.4, -0.2) is 47.9 Å². The summed E-state index contributed by atoms with van der Waals surface area (Å²) in [4.78, 5) is 29.1. The van der Waals surface area contributed by atoms with E-state index in [2.05, 4.69) is 10.3 Å². The van der Waals surface area contributed by atoms with Crippen LogP contribution in [0.5, 0.6) is 0 Å². The van der Waals surface area contributed by atoms with Crippen LogP contribution in [0.4, 0.5) is 13.2 Å². The number of nitrogens with one attached hydrogen (secondary N) is 1. The Morgan fingerprint density at radius 2 is 1.91 bits per heavy atom. The first-order chi connectivity index (χ1) is 15.1. The maximum Gasteiger partial charge on any atom is 0.473 e. The van der Waals surface area contributed by atoms with Crippen molar-refractivity contribution in [3.05, 3.63) is 69.7 Å². The number of amidine groups is 1. The Hall–Kier alpha value is -2.91. The summed E-state index contributed by atoms with van der Waals surface area (Å²) in [7, 11) is 0. The highest BCUT2D eigenvalue weighted by Crippen LogP contribution is 2.34. The molecule has 32 heavy (non-hydrogen) atoms. The summed E-state index contributed by atoms with van der Waals surface area (Å²) in [6.45, 7) is 1.86. The van der Waals surface area contributed by atoms with Crippen molar-refractivity contribution >= 4 is 29.3 Å². The van der Waals surface area contributed by atoms with Gasteiger partial charge in [0.1, 0.15) is 5.84 Å². The minimum Gasteiger partial charge on any atom is -0.383 e. The summed E-state index contributed by atoms with van der Waals surface area (Å²) in [5.41, 5.74) is 7.87. The summed E-state index contributed by atoms with van der Waals surface area (Å²) in [6.07, 6.45) is -4.36. The minimum atomic E-state index is -5.11.